The molecule has 27 heavy (non-hydrogen) atoms. The average Bonchev–Trinajstić information content (AvgIpc) is 3.10. The summed E-state index contributed by atoms with van der Waals surface area (Å²) in [4.78, 5) is 19.9. The molecule has 2 N–H and O–H groups in total. The van der Waals surface area contributed by atoms with Gasteiger partial charge >= 0.3 is 0 Å². The molecule has 0 radical (unpaired) electrons. The Morgan fingerprint density at radius 1 is 1.26 bits per heavy atom. The Morgan fingerprint density at radius 2 is 2.11 bits per heavy atom. The zero-order chi connectivity index (χ0) is 19.1. The fraction of sp³-hybridized carbons (Fsp3) is 0.350. The predicted octanol–water partition coefficient (Wildman–Crippen LogP) is 3.38. The molecule has 7 heteroatoms. The molecule has 0 aliphatic carbocycles. The summed E-state index contributed by atoms with van der Waals surface area (Å²) in [5.74, 6) is -0.0936. The number of aliphatic hydroxyl groups is 1. The molecule has 0 saturated heterocycles. The molecule has 1 aliphatic rings. The normalized spacial score (nSPS) is 15.3. The van der Waals surface area contributed by atoms with Gasteiger partial charge in [0.25, 0.3) is 5.91 Å². The number of anilines is 1. The van der Waals surface area contributed by atoms with Crippen molar-refractivity contribution in [2.45, 2.75) is 32.4 Å². The van der Waals surface area contributed by atoms with Crippen molar-refractivity contribution in [2.75, 3.05) is 18.4 Å². The minimum absolute atomic E-state index is 0.0936. The second-order valence-corrected chi connectivity index (χ2v) is 7.24. The molecule has 0 atom stereocenters. The maximum Gasteiger partial charge on any atom is 0.266 e. The summed E-state index contributed by atoms with van der Waals surface area (Å²) in [6.07, 6.45) is 4.43. The van der Waals surface area contributed by atoms with Crippen molar-refractivity contribution in [3.05, 3.63) is 51.2 Å². The van der Waals surface area contributed by atoms with Gasteiger partial charge in [-0.3, -0.25) is 9.79 Å². The SMILES string of the molecule is N#Cc1ccccc1CN1CCCCCN=CNc2c(CO)csc2C1=O. The number of amides is 1. The van der Waals surface area contributed by atoms with Gasteiger partial charge in [-0.2, -0.15) is 5.26 Å². The molecule has 0 bridgehead atoms. The molecule has 2 heterocycles. The first kappa shape index (κ1) is 19.1. The number of nitriles is 1. The topological polar surface area (TPSA) is 88.7 Å². The van der Waals surface area contributed by atoms with Crippen LogP contribution >= 0.6 is 11.3 Å². The molecule has 3 rings (SSSR count). The van der Waals surface area contributed by atoms with Gasteiger partial charge in [0.15, 0.2) is 0 Å². The number of aliphatic imine (C=N–C) groups is 1. The van der Waals surface area contributed by atoms with Crippen LogP contribution in [0.2, 0.25) is 0 Å². The van der Waals surface area contributed by atoms with Crippen LogP contribution in [0.5, 0.6) is 0 Å². The lowest BCUT2D eigenvalue weighted by molar-refractivity contribution is 0.0745. The lowest BCUT2D eigenvalue weighted by Crippen LogP contribution is -2.32. The van der Waals surface area contributed by atoms with Crippen molar-refractivity contribution in [3.8, 4) is 6.07 Å². The highest BCUT2D eigenvalue weighted by Crippen LogP contribution is 2.30. The Bertz CT molecular complexity index is 869. The van der Waals surface area contributed by atoms with Crippen molar-refractivity contribution in [1.29, 1.82) is 5.26 Å². The van der Waals surface area contributed by atoms with Crippen LogP contribution in [0.25, 0.3) is 0 Å². The van der Waals surface area contributed by atoms with Crippen molar-refractivity contribution in [3.63, 3.8) is 0 Å². The highest BCUT2D eigenvalue weighted by Gasteiger charge is 2.23. The first-order chi connectivity index (χ1) is 13.2. The number of hydrogen-bond donors (Lipinski definition) is 2. The van der Waals surface area contributed by atoms with E-state index in [0.29, 0.717) is 34.8 Å². The number of thiophene rings is 1. The highest BCUT2D eigenvalue weighted by atomic mass is 32.1. The van der Waals surface area contributed by atoms with Crippen LogP contribution in [0.4, 0.5) is 5.69 Å². The molecular formula is C20H22N4O2S. The maximum atomic E-state index is 13.3. The Kier molecular flexibility index (Phi) is 6.58. The lowest BCUT2D eigenvalue weighted by Gasteiger charge is -2.24. The standard InChI is InChI=1S/C20H22N4O2S/c21-10-15-6-2-3-7-16(15)11-24-9-5-1-4-8-22-14-23-18-17(12-25)13-27-19(18)20(24)26/h2-3,6-7,13-14,25H,1,4-5,8-9,11-12H2,(H,22,23). The molecule has 6 nitrogen and oxygen atoms in total. The number of aliphatic hydroxyl groups excluding tert-OH is 1. The van der Waals surface area contributed by atoms with E-state index in [0.717, 1.165) is 31.4 Å². The van der Waals surface area contributed by atoms with E-state index in [9.17, 15) is 15.2 Å². The third-order valence-corrected chi connectivity index (χ3v) is 5.55. The van der Waals surface area contributed by atoms with Crippen LogP contribution in [0.3, 0.4) is 0 Å². The molecular weight excluding hydrogens is 360 g/mol. The van der Waals surface area contributed by atoms with Gasteiger partial charge in [-0.05, 0) is 36.3 Å². The summed E-state index contributed by atoms with van der Waals surface area (Å²) in [7, 11) is 0. The van der Waals surface area contributed by atoms with E-state index in [1.165, 1.54) is 11.3 Å². The van der Waals surface area contributed by atoms with E-state index >= 15 is 0 Å². The second kappa shape index (κ2) is 9.31. The number of rotatable bonds is 3. The van der Waals surface area contributed by atoms with Gasteiger partial charge in [0, 0.05) is 25.2 Å². The van der Waals surface area contributed by atoms with Gasteiger partial charge in [-0.1, -0.05) is 18.2 Å². The van der Waals surface area contributed by atoms with Crippen molar-refractivity contribution in [1.82, 2.24) is 4.90 Å². The molecule has 0 fully saturated rings. The summed E-state index contributed by atoms with van der Waals surface area (Å²) in [5, 5.41) is 23.8. The van der Waals surface area contributed by atoms with E-state index in [1.807, 2.05) is 18.2 Å². The van der Waals surface area contributed by atoms with E-state index < -0.39 is 0 Å². The smallest absolute Gasteiger partial charge is 0.266 e. The summed E-state index contributed by atoms with van der Waals surface area (Å²) in [6, 6.07) is 9.58. The first-order valence-corrected chi connectivity index (χ1v) is 9.86. The lowest BCUT2D eigenvalue weighted by atomic mass is 10.1. The molecule has 2 aromatic rings. The Hall–Kier alpha value is -2.69. The summed E-state index contributed by atoms with van der Waals surface area (Å²) in [6.45, 7) is 1.60. The third kappa shape index (κ3) is 4.54. The molecule has 1 amide bonds. The molecule has 1 aromatic carbocycles. The van der Waals surface area contributed by atoms with Gasteiger partial charge in [-0.15, -0.1) is 11.3 Å². The molecule has 0 spiro atoms. The number of nitrogens with one attached hydrogen (secondary N) is 1. The first-order valence-electron chi connectivity index (χ1n) is 8.98. The zero-order valence-corrected chi connectivity index (χ0v) is 15.8. The van der Waals surface area contributed by atoms with Crippen LogP contribution in [0, 0.1) is 11.3 Å². The number of benzene rings is 1. The average molecular weight is 382 g/mol. The maximum absolute atomic E-state index is 13.3. The summed E-state index contributed by atoms with van der Waals surface area (Å²) in [5.41, 5.74) is 2.74. The molecule has 0 unspecified atom stereocenters. The van der Waals surface area contributed by atoms with Crippen molar-refractivity contribution < 1.29 is 9.90 Å². The van der Waals surface area contributed by atoms with Crippen LogP contribution in [0.1, 0.15) is 45.6 Å². The fourth-order valence-electron chi connectivity index (χ4n) is 3.05. The Balaban J connectivity index is 1.94. The van der Waals surface area contributed by atoms with Crippen LogP contribution in [-0.2, 0) is 13.2 Å². The third-order valence-electron chi connectivity index (χ3n) is 4.53. The number of nitrogens with zero attached hydrogens (tertiary/aromatic N) is 3. The highest BCUT2D eigenvalue weighted by molar-refractivity contribution is 7.13. The summed E-state index contributed by atoms with van der Waals surface area (Å²) >= 11 is 1.32. The molecule has 0 saturated carbocycles. The minimum atomic E-state index is -0.142. The van der Waals surface area contributed by atoms with Gasteiger partial charge in [0.1, 0.15) is 4.88 Å². The largest absolute Gasteiger partial charge is 0.392 e. The molecule has 1 aromatic heterocycles. The number of carbonyl (C=O) groups is 1. The molecule has 140 valence electrons. The number of carbonyl (C=O) groups excluding carboxylic acids is 1. The van der Waals surface area contributed by atoms with Gasteiger partial charge < -0.3 is 15.3 Å². The Morgan fingerprint density at radius 3 is 2.93 bits per heavy atom. The van der Waals surface area contributed by atoms with E-state index in [4.69, 9.17) is 0 Å². The number of hydrogen-bond acceptors (Lipinski definition) is 6. The zero-order valence-electron chi connectivity index (χ0n) is 15.0. The monoisotopic (exact) mass is 382 g/mol. The van der Waals surface area contributed by atoms with Crippen molar-refractivity contribution in [2.24, 2.45) is 4.99 Å². The van der Waals surface area contributed by atoms with Gasteiger partial charge in [0.2, 0.25) is 0 Å². The Labute approximate surface area is 162 Å². The van der Waals surface area contributed by atoms with Crippen molar-refractivity contribution >= 4 is 29.3 Å². The van der Waals surface area contributed by atoms with E-state index in [1.54, 1.807) is 22.7 Å². The van der Waals surface area contributed by atoms with E-state index in [2.05, 4.69) is 16.4 Å². The van der Waals surface area contributed by atoms with Gasteiger partial charge in [0.05, 0.1) is 30.3 Å². The quantitative estimate of drug-likeness (QED) is 0.852. The predicted molar refractivity (Wildman–Crippen MR) is 107 cm³/mol. The second-order valence-electron chi connectivity index (χ2n) is 6.36. The van der Waals surface area contributed by atoms with E-state index in [-0.39, 0.29) is 12.5 Å². The molecule has 1 aliphatic heterocycles. The van der Waals surface area contributed by atoms with Crippen LogP contribution in [0.15, 0.2) is 34.6 Å². The van der Waals surface area contributed by atoms with Gasteiger partial charge in [-0.25, -0.2) is 0 Å². The minimum Gasteiger partial charge on any atom is -0.392 e. The number of fused-ring (bicyclic) bond motifs is 1. The fourth-order valence-corrected chi connectivity index (χ4v) is 4.04. The summed E-state index contributed by atoms with van der Waals surface area (Å²) < 4.78 is 0. The van der Waals surface area contributed by atoms with Crippen LogP contribution in [-0.4, -0.2) is 35.3 Å². The van der Waals surface area contributed by atoms with Crippen LogP contribution < -0.4 is 5.32 Å².